The normalized spacial score (nSPS) is 11.8. The van der Waals surface area contributed by atoms with Crippen molar-refractivity contribution in [1.29, 1.82) is 0 Å². The molecular weight excluding hydrogens is 192 g/mol. The van der Waals surface area contributed by atoms with E-state index in [2.05, 4.69) is 45.9 Å². The molecule has 14 heavy (non-hydrogen) atoms. The van der Waals surface area contributed by atoms with Gasteiger partial charge in [0.15, 0.2) is 0 Å². The maximum Gasteiger partial charge on any atom is 0.0231 e. The Labute approximate surface area is 92.3 Å². The molecule has 0 unspecified atom stereocenters. The molecule has 0 aromatic heterocycles. The summed E-state index contributed by atoms with van der Waals surface area (Å²) >= 11 is 5.81. The minimum atomic E-state index is 0.195. The van der Waals surface area contributed by atoms with Gasteiger partial charge in [-0.25, -0.2) is 0 Å². The van der Waals surface area contributed by atoms with E-state index in [0.29, 0.717) is 0 Å². The lowest BCUT2D eigenvalue weighted by Crippen LogP contribution is -2.17. The van der Waals surface area contributed by atoms with Gasteiger partial charge in [-0.2, -0.15) is 0 Å². The predicted octanol–water partition coefficient (Wildman–Crippen LogP) is 4.21. The summed E-state index contributed by atoms with van der Waals surface area (Å²) in [5.41, 5.74) is 4.31. The van der Waals surface area contributed by atoms with Crippen molar-refractivity contribution in [1.82, 2.24) is 0 Å². The maximum atomic E-state index is 5.81. The fourth-order valence-corrected chi connectivity index (χ4v) is 2.02. The summed E-state index contributed by atoms with van der Waals surface area (Å²) in [5.74, 6) is 0.722. The quantitative estimate of drug-likeness (QED) is 0.656. The summed E-state index contributed by atoms with van der Waals surface area (Å²) < 4.78 is 0. The third-order valence-corrected chi connectivity index (χ3v) is 3.20. The third kappa shape index (κ3) is 2.51. The lowest BCUT2D eigenvalue weighted by molar-refractivity contribution is 0.509. The summed E-state index contributed by atoms with van der Waals surface area (Å²) in [4.78, 5) is 0. The number of benzene rings is 1. The molecule has 0 aliphatic rings. The number of alkyl halides is 1. The summed E-state index contributed by atoms with van der Waals surface area (Å²) in [5, 5.41) is 0. The van der Waals surface area contributed by atoms with Crippen molar-refractivity contribution >= 4 is 11.6 Å². The van der Waals surface area contributed by atoms with Crippen LogP contribution in [0.2, 0.25) is 0 Å². The molecule has 0 bridgehead atoms. The van der Waals surface area contributed by atoms with Crippen molar-refractivity contribution in [2.75, 3.05) is 5.88 Å². The molecule has 0 atom stereocenters. The van der Waals surface area contributed by atoms with Gasteiger partial charge in [0, 0.05) is 5.88 Å². The zero-order chi connectivity index (χ0) is 10.8. The Morgan fingerprint density at radius 1 is 1.14 bits per heavy atom. The molecule has 1 aromatic rings. The molecule has 0 N–H and O–H groups in total. The van der Waals surface area contributed by atoms with Gasteiger partial charge in [0.2, 0.25) is 0 Å². The average molecular weight is 211 g/mol. The molecule has 78 valence electrons. The van der Waals surface area contributed by atoms with Crippen LogP contribution in [0, 0.1) is 13.8 Å². The van der Waals surface area contributed by atoms with Crippen LogP contribution < -0.4 is 0 Å². The van der Waals surface area contributed by atoms with Crippen molar-refractivity contribution in [3.05, 3.63) is 34.9 Å². The molecule has 0 heterocycles. The first-order chi connectivity index (χ1) is 6.47. The van der Waals surface area contributed by atoms with Crippen LogP contribution in [0.15, 0.2) is 18.2 Å². The minimum absolute atomic E-state index is 0.195. The van der Waals surface area contributed by atoms with Gasteiger partial charge < -0.3 is 0 Å². The van der Waals surface area contributed by atoms with E-state index in [1.807, 2.05) is 0 Å². The fraction of sp³-hybridized carbons (Fsp3) is 0.538. The summed E-state index contributed by atoms with van der Waals surface area (Å²) in [7, 11) is 0. The minimum Gasteiger partial charge on any atom is -0.127 e. The average Bonchev–Trinajstić information content (AvgIpc) is 2.09. The fourth-order valence-electron chi connectivity index (χ4n) is 1.54. The molecule has 0 radical (unpaired) electrons. The van der Waals surface area contributed by atoms with Crippen molar-refractivity contribution < 1.29 is 0 Å². The molecule has 0 fully saturated rings. The third-order valence-electron chi connectivity index (χ3n) is 3.01. The Morgan fingerprint density at radius 2 is 1.79 bits per heavy atom. The lowest BCUT2D eigenvalue weighted by atomic mass is 9.81. The number of rotatable bonds is 3. The van der Waals surface area contributed by atoms with Crippen LogP contribution in [-0.2, 0) is 5.41 Å². The van der Waals surface area contributed by atoms with E-state index in [0.717, 1.165) is 12.3 Å². The first kappa shape index (κ1) is 11.6. The van der Waals surface area contributed by atoms with Crippen molar-refractivity contribution in [3.63, 3.8) is 0 Å². The van der Waals surface area contributed by atoms with Gasteiger partial charge in [-0.3, -0.25) is 0 Å². The number of hydrogen-bond acceptors (Lipinski definition) is 0. The van der Waals surface area contributed by atoms with Crippen LogP contribution in [0.25, 0.3) is 0 Å². The standard InChI is InChI=1S/C13H19Cl/c1-10-5-6-12(9-11(10)2)13(3,4)7-8-14/h5-6,9H,7-8H2,1-4H3. The van der Waals surface area contributed by atoms with E-state index < -0.39 is 0 Å². The van der Waals surface area contributed by atoms with Crippen LogP contribution >= 0.6 is 11.6 Å². The summed E-state index contributed by atoms with van der Waals surface area (Å²) in [6.45, 7) is 8.81. The van der Waals surface area contributed by atoms with E-state index >= 15 is 0 Å². The van der Waals surface area contributed by atoms with Gasteiger partial charge in [-0.1, -0.05) is 32.0 Å². The van der Waals surface area contributed by atoms with Gasteiger partial charge in [0.25, 0.3) is 0 Å². The summed E-state index contributed by atoms with van der Waals surface area (Å²) in [6, 6.07) is 6.69. The smallest absolute Gasteiger partial charge is 0.0231 e. The van der Waals surface area contributed by atoms with E-state index in [-0.39, 0.29) is 5.41 Å². The highest BCUT2D eigenvalue weighted by atomic mass is 35.5. The molecule has 0 spiro atoms. The molecule has 0 saturated carbocycles. The lowest BCUT2D eigenvalue weighted by Gasteiger charge is -2.25. The molecule has 0 amide bonds. The van der Waals surface area contributed by atoms with Crippen LogP contribution in [0.3, 0.4) is 0 Å². The van der Waals surface area contributed by atoms with E-state index in [4.69, 9.17) is 11.6 Å². The largest absolute Gasteiger partial charge is 0.127 e. The van der Waals surface area contributed by atoms with Gasteiger partial charge in [0.1, 0.15) is 0 Å². The first-order valence-corrected chi connectivity index (χ1v) is 5.64. The zero-order valence-corrected chi connectivity index (χ0v) is 10.3. The summed E-state index contributed by atoms with van der Waals surface area (Å²) in [6.07, 6.45) is 1.02. The Hall–Kier alpha value is -0.490. The van der Waals surface area contributed by atoms with Crippen LogP contribution in [0.1, 0.15) is 37.0 Å². The van der Waals surface area contributed by atoms with Gasteiger partial charge in [-0.15, -0.1) is 11.6 Å². The molecule has 0 nitrogen and oxygen atoms in total. The Bertz CT molecular complexity index is 313. The monoisotopic (exact) mass is 210 g/mol. The zero-order valence-electron chi connectivity index (χ0n) is 9.52. The predicted molar refractivity (Wildman–Crippen MR) is 64.3 cm³/mol. The van der Waals surface area contributed by atoms with Crippen LogP contribution in [0.4, 0.5) is 0 Å². The van der Waals surface area contributed by atoms with E-state index in [9.17, 15) is 0 Å². The molecule has 0 saturated heterocycles. The van der Waals surface area contributed by atoms with Gasteiger partial charge >= 0.3 is 0 Å². The highest BCUT2D eigenvalue weighted by Crippen LogP contribution is 2.28. The first-order valence-electron chi connectivity index (χ1n) is 5.11. The van der Waals surface area contributed by atoms with Crippen LogP contribution in [0.5, 0.6) is 0 Å². The maximum absolute atomic E-state index is 5.81. The van der Waals surface area contributed by atoms with E-state index in [1.54, 1.807) is 0 Å². The highest BCUT2D eigenvalue weighted by Gasteiger charge is 2.19. The Morgan fingerprint density at radius 3 is 2.29 bits per heavy atom. The van der Waals surface area contributed by atoms with Gasteiger partial charge in [-0.05, 0) is 42.4 Å². The topological polar surface area (TPSA) is 0 Å². The second-order valence-corrected chi connectivity index (χ2v) is 5.00. The number of halogens is 1. The molecule has 1 heteroatoms. The second-order valence-electron chi connectivity index (χ2n) is 4.62. The Balaban J connectivity index is 3.01. The molecule has 0 aliphatic heterocycles. The van der Waals surface area contributed by atoms with E-state index in [1.165, 1.54) is 16.7 Å². The van der Waals surface area contributed by atoms with Crippen LogP contribution in [-0.4, -0.2) is 5.88 Å². The molecule has 1 aromatic carbocycles. The SMILES string of the molecule is Cc1ccc(C(C)(C)CCCl)cc1C. The molecule has 0 aliphatic carbocycles. The molecular formula is C13H19Cl. The second kappa shape index (κ2) is 4.35. The Kier molecular flexibility index (Phi) is 3.60. The van der Waals surface area contributed by atoms with Crippen molar-refractivity contribution in [2.24, 2.45) is 0 Å². The van der Waals surface area contributed by atoms with Crippen molar-refractivity contribution in [3.8, 4) is 0 Å². The number of aryl methyl sites for hydroxylation is 2. The van der Waals surface area contributed by atoms with Gasteiger partial charge in [0.05, 0.1) is 0 Å². The molecule has 1 rings (SSSR count). The van der Waals surface area contributed by atoms with Crippen molar-refractivity contribution in [2.45, 2.75) is 39.5 Å². The highest BCUT2D eigenvalue weighted by molar-refractivity contribution is 6.17. The number of hydrogen-bond donors (Lipinski definition) is 0.